The molecule has 2 aliphatic heterocycles. The van der Waals surface area contributed by atoms with Crippen LogP contribution in [0, 0.1) is 20.8 Å². The summed E-state index contributed by atoms with van der Waals surface area (Å²) in [5, 5.41) is 7.19. The number of nitrogens with one attached hydrogen (secondary N) is 2. The van der Waals surface area contributed by atoms with E-state index in [4.69, 9.17) is 4.99 Å². The van der Waals surface area contributed by atoms with Crippen molar-refractivity contribution in [3.05, 3.63) is 64.7 Å². The summed E-state index contributed by atoms with van der Waals surface area (Å²) in [7, 11) is -3.50. The van der Waals surface area contributed by atoms with E-state index in [1.165, 1.54) is 11.1 Å². The van der Waals surface area contributed by atoms with E-state index in [0.717, 1.165) is 30.1 Å². The van der Waals surface area contributed by atoms with Crippen LogP contribution >= 0.6 is 0 Å². The van der Waals surface area contributed by atoms with Gasteiger partial charge < -0.3 is 10.6 Å². The van der Waals surface area contributed by atoms with Crippen LogP contribution in [-0.2, 0) is 16.6 Å². The zero-order valence-corrected chi connectivity index (χ0v) is 19.4. The van der Waals surface area contributed by atoms with Gasteiger partial charge in [-0.2, -0.15) is 4.31 Å². The number of piperidine rings is 1. The van der Waals surface area contributed by atoms with Crippen LogP contribution in [-0.4, -0.2) is 50.3 Å². The van der Waals surface area contributed by atoms with Crippen LogP contribution in [0.15, 0.2) is 52.4 Å². The Morgan fingerprint density at radius 1 is 1.03 bits per heavy atom. The molecule has 0 atom stereocenters. The lowest BCUT2D eigenvalue weighted by Gasteiger charge is -2.44. The van der Waals surface area contributed by atoms with Gasteiger partial charge in [0.2, 0.25) is 10.0 Å². The second kappa shape index (κ2) is 8.73. The normalized spacial score (nSPS) is 19.3. The molecule has 1 fully saturated rings. The van der Waals surface area contributed by atoms with Crippen molar-refractivity contribution in [2.24, 2.45) is 4.99 Å². The number of aliphatic imine (C=N–C) groups is 1. The lowest BCUT2D eigenvalue weighted by Crippen LogP contribution is -2.64. The number of aryl methyl sites for hydroxylation is 3. The average molecular weight is 441 g/mol. The van der Waals surface area contributed by atoms with Crippen molar-refractivity contribution in [2.45, 2.75) is 50.6 Å². The lowest BCUT2D eigenvalue weighted by molar-refractivity contribution is 0.241. The average Bonchev–Trinajstić information content (AvgIpc) is 2.76. The number of amidine groups is 1. The van der Waals surface area contributed by atoms with Gasteiger partial charge >= 0.3 is 0 Å². The maximum absolute atomic E-state index is 13.3. The Morgan fingerprint density at radius 3 is 2.42 bits per heavy atom. The van der Waals surface area contributed by atoms with Crippen LogP contribution in [0.4, 0.5) is 0 Å². The third-order valence-corrected chi connectivity index (χ3v) is 8.46. The molecule has 1 saturated heterocycles. The van der Waals surface area contributed by atoms with Crippen molar-refractivity contribution >= 4 is 15.9 Å². The Bertz CT molecular complexity index is 1070. The van der Waals surface area contributed by atoms with E-state index in [2.05, 4.69) is 41.8 Å². The molecule has 2 aromatic rings. The first-order valence-corrected chi connectivity index (χ1v) is 12.4. The van der Waals surface area contributed by atoms with Gasteiger partial charge in [-0.05, 0) is 56.4 Å². The molecular formula is C24H32N4O2S. The Kier molecular flexibility index (Phi) is 6.19. The van der Waals surface area contributed by atoms with Crippen LogP contribution in [0.5, 0.6) is 0 Å². The molecule has 0 radical (unpaired) electrons. The summed E-state index contributed by atoms with van der Waals surface area (Å²) in [6, 6.07) is 14.1. The van der Waals surface area contributed by atoms with Gasteiger partial charge in [0.25, 0.3) is 0 Å². The monoisotopic (exact) mass is 440 g/mol. The first kappa shape index (κ1) is 22.0. The summed E-state index contributed by atoms with van der Waals surface area (Å²) in [6.07, 6.45) is 1.41. The molecule has 2 aromatic carbocycles. The predicted octanol–water partition coefficient (Wildman–Crippen LogP) is 2.93. The smallest absolute Gasteiger partial charge is 0.243 e. The molecule has 0 bridgehead atoms. The lowest BCUT2D eigenvalue weighted by atomic mass is 9.85. The van der Waals surface area contributed by atoms with Crippen molar-refractivity contribution < 1.29 is 8.42 Å². The summed E-state index contributed by atoms with van der Waals surface area (Å²) in [4.78, 5) is 5.21. The van der Waals surface area contributed by atoms with Gasteiger partial charge in [0, 0.05) is 26.2 Å². The molecule has 0 amide bonds. The topological polar surface area (TPSA) is 73.8 Å². The highest BCUT2D eigenvalue weighted by molar-refractivity contribution is 7.89. The van der Waals surface area contributed by atoms with Gasteiger partial charge in [-0.25, -0.2) is 8.42 Å². The predicted molar refractivity (Wildman–Crippen MR) is 125 cm³/mol. The van der Waals surface area contributed by atoms with E-state index < -0.39 is 10.0 Å². The molecule has 166 valence electrons. The third-order valence-electron chi connectivity index (χ3n) is 6.42. The van der Waals surface area contributed by atoms with Crippen LogP contribution in [0.1, 0.15) is 35.1 Å². The number of nitrogens with zero attached hydrogens (tertiary/aromatic N) is 2. The van der Waals surface area contributed by atoms with E-state index >= 15 is 0 Å². The van der Waals surface area contributed by atoms with Crippen molar-refractivity contribution in [1.29, 1.82) is 0 Å². The molecule has 31 heavy (non-hydrogen) atoms. The molecule has 7 heteroatoms. The Hall–Kier alpha value is -2.22. The minimum Gasteiger partial charge on any atom is -0.368 e. The highest BCUT2D eigenvalue weighted by Crippen LogP contribution is 2.30. The van der Waals surface area contributed by atoms with E-state index in [9.17, 15) is 8.42 Å². The highest BCUT2D eigenvalue weighted by Gasteiger charge is 2.43. The fourth-order valence-corrected chi connectivity index (χ4v) is 6.21. The van der Waals surface area contributed by atoms with Crippen molar-refractivity contribution in [1.82, 2.24) is 14.9 Å². The molecular weight excluding hydrogens is 408 g/mol. The summed E-state index contributed by atoms with van der Waals surface area (Å²) in [6.45, 7) is 9.11. The summed E-state index contributed by atoms with van der Waals surface area (Å²) >= 11 is 0. The molecule has 6 nitrogen and oxygen atoms in total. The summed E-state index contributed by atoms with van der Waals surface area (Å²) in [5.41, 5.74) is 3.93. The van der Waals surface area contributed by atoms with Crippen molar-refractivity contribution in [2.75, 3.05) is 26.2 Å². The Morgan fingerprint density at radius 2 is 1.71 bits per heavy atom. The molecule has 0 aromatic heterocycles. The third kappa shape index (κ3) is 4.54. The SMILES string of the molecule is Cc1ccc(CNC2=NCCNC23CCN(S(=O)(=O)c2cc(C)ccc2C)CC3)cc1. The molecule has 2 N–H and O–H groups in total. The fraction of sp³-hybridized carbons (Fsp3) is 0.458. The van der Waals surface area contributed by atoms with Gasteiger partial charge in [0.15, 0.2) is 0 Å². The van der Waals surface area contributed by atoms with Gasteiger partial charge in [-0.3, -0.25) is 4.99 Å². The molecule has 2 heterocycles. The van der Waals surface area contributed by atoms with Crippen LogP contribution in [0.25, 0.3) is 0 Å². The maximum atomic E-state index is 13.3. The zero-order chi connectivity index (χ0) is 22.1. The van der Waals surface area contributed by atoms with E-state index in [0.29, 0.717) is 37.4 Å². The molecule has 0 unspecified atom stereocenters. The van der Waals surface area contributed by atoms with Crippen molar-refractivity contribution in [3.8, 4) is 0 Å². The van der Waals surface area contributed by atoms with Crippen LogP contribution < -0.4 is 10.6 Å². The number of benzene rings is 2. The van der Waals surface area contributed by atoms with Gasteiger partial charge in [-0.15, -0.1) is 0 Å². The van der Waals surface area contributed by atoms with Crippen LogP contribution in [0.3, 0.4) is 0 Å². The van der Waals surface area contributed by atoms with Crippen LogP contribution in [0.2, 0.25) is 0 Å². The summed E-state index contributed by atoms with van der Waals surface area (Å²) in [5.74, 6) is 0.961. The highest BCUT2D eigenvalue weighted by atomic mass is 32.2. The molecule has 0 saturated carbocycles. The van der Waals surface area contributed by atoms with Gasteiger partial charge in [0.05, 0.1) is 17.0 Å². The standard InChI is InChI=1S/C24H32N4O2S/c1-18-5-8-21(9-6-18)17-26-23-24(27-13-12-25-23)10-14-28(15-11-24)31(29,30)22-16-19(2)4-7-20(22)3/h4-9,16,27H,10-15,17H2,1-3H3,(H,25,26). The second-order valence-electron chi connectivity index (χ2n) is 8.75. The van der Waals surface area contributed by atoms with E-state index in [1.807, 2.05) is 26.0 Å². The number of rotatable bonds is 4. The zero-order valence-electron chi connectivity index (χ0n) is 18.6. The molecule has 0 aliphatic carbocycles. The Labute approximate surface area is 185 Å². The molecule has 2 aliphatic rings. The maximum Gasteiger partial charge on any atom is 0.243 e. The largest absolute Gasteiger partial charge is 0.368 e. The number of sulfonamides is 1. The minimum absolute atomic E-state index is 0.281. The number of hydrogen-bond donors (Lipinski definition) is 2. The quantitative estimate of drug-likeness (QED) is 0.767. The fourth-order valence-electron chi connectivity index (χ4n) is 4.46. The van der Waals surface area contributed by atoms with Crippen molar-refractivity contribution in [3.63, 3.8) is 0 Å². The second-order valence-corrected chi connectivity index (χ2v) is 10.7. The van der Waals surface area contributed by atoms with E-state index in [1.54, 1.807) is 10.4 Å². The van der Waals surface area contributed by atoms with E-state index in [-0.39, 0.29) is 5.54 Å². The van der Waals surface area contributed by atoms with Gasteiger partial charge in [-0.1, -0.05) is 42.0 Å². The summed E-state index contributed by atoms with van der Waals surface area (Å²) < 4.78 is 28.3. The molecule has 1 spiro atoms. The minimum atomic E-state index is -3.50. The molecule has 4 rings (SSSR count). The Balaban J connectivity index is 1.47. The first-order valence-electron chi connectivity index (χ1n) is 11.0. The van der Waals surface area contributed by atoms with Gasteiger partial charge in [0.1, 0.15) is 5.84 Å². The first-order chi connectivity index (χ1) is 14.8. The number of hydrogen-bond acceptors (Lipinski definition) is 5.